The molecule has 1 heterocycles. The van der Waals surface area contributed by atoms with Gasteiger partial charge < -0.3 is 5.32 Å². The van der Waals surface area contributed by atoms with Gasteiger partial charge in [0.15, 0.2) is 0 Å². The van der Waals surface area contributed by atoms with Gasteiger partial charge in [-0.3, -0.25) is 0 Å². The van der Waals surface area contributed by atoms with Crippen molar-refractivity contribution in [2.24, 2.45) is 5.41 Å². The first kappa shape index (κ1) is 7.99. The van der Waals surface area contributed by atoms with Crippen molar-refractivity contribution in [2.75, 3.05) is 0 Å². The molecule has 1 rings (SSSR count). The lowest BCUT2D eigenvalue weighted by Crippen LogP contribution is -2.64. The van der Waals surface area contributed by atoms with Crippen LogP contribution in [-0.2, 0) is 0 Å². The fraction of sp³-hybridized carbons (Fsp3) is 0.875. The van der Waals surface area contributed by atoms with Gasteiger partial charge in [0.05, 0.1) is 4.99 Å². The quantitative estimate of drug-likeness (QED) is 0.616. The summed E-state index contributed by atoms with van der Waals surface area (Å²) in [7, 11) is 0. The van der Waals surface area contributed by atoms with Gasteiger partial charge in [-0.25, -0.2) is 0 Å². The van der Waals surface area contributed by atoms with E-state index in [0.29, 0.717) is 11.5 Å². The summed E-state index contributed by atoms with van der Waals surface area (Å²) < 4.78 is 0. The van der Waals surface area contributed by atoms with Gasteiger partial charge in [-0.15, -0.1) is 0 Å². The Kier molecular flexibility index (Phi) is 1.99. The highest BCUT2D eigenvalue weighted by Gasteiger charge is 2.44. The largest absolute Gasteiger partial charge is 0.375 e. The van der Waals surface area contributed by atoms with Crippen LogP contribution in [-0.4, -0.2) is 11.0 Å². The van der Waals surface area contributed by atoms with Crippen molar-refractivity contribution in [3.8, 4) is 0 Å². The van der Waals surface area contributed by atoms with Crippen LogP contribution in [0.15, 0.2) is 0 Å². The molecule has 0 bridgehead atoms. The summed E-state index contributed by atoms with van der Waals surface area (Å²) in [5.74, 6) is 0. The van der Waals surface area contributed by atoms with Crippen molar-refractivity contribution >= 4 is 17.2 Å². The maximum atomic E-state index is 5.15. The number of hydrogen-bond donors (Lipinski definition) is 1. The van der Waals surface area contributed by atoms with Crippen LogP contribution in [0.2, 0.25) is 0 Å². The monoisotopic (exact) mass is 157 g/mol. The van der Waals surface area contributed by atoms with E-state index in [1.165, 1.54) is 6.42 Å². The molecule has 58 valence electrons. The SMILES string of the molecule is CCC1NC(=S)C1(C)CC. The predicted molar refractivity (Wildman–Crippen MR) is 48.2 cm³/mol. The van der Waals surface area contributed by atoms with E-state index in [9.17, 15) is 0 Å². The molecule has 1 aliphatic heterocycles. The molecule has 0 spiro atoms. The molecule has 1 aliphatic rings. The van der Waals surface area contributed by atoms with E-state index in [4.69, 9.17) is 12.2 Å². The lowest BCUT2D eigenvalue weighted by molar-refractivity contribution is 0.253. The van der Waals surface area contributed by atoms with Crippen molar-refractivity contribution in [1.82, 2.24) is 5.32 Å². The van der Waals surface area contributed by atoms with E-state index >= 15 is 0 Å². The molecule has 0 aromatic carbocycles. The highest BCUT2D eigenvalue weighted by molar-refractivity contribution is 7.80. The lowest BCUT2D eigenvalue weighted by Gasteiger charge is -2.48. The summed E-state index contributed by atoms with van der Waals surface area (Å²) in [6.07, 6.45) is 2.35. The van der Waals surface area contributed by atoms with Crippen molar-refractivity contribution in [3.05, 3.63) is 0 Å². The van der Waals surface area contributed by atoms with Gasteiger partial charge in [-0.2, -0.15) is 0 Å². The second-order valence-electron chi connectivity index (χ2n) is 3.21. The van der Waals surface area contributed by atoms with Gasteiger partial charge in [0.2, 0.25) is 0 Å². The Balaban J connectivity index is 2.63. The average molecular weight is 157 g/mol. The molecule has 0 amide bonds. The Bertz CT molecular complexity index is 155. The summed E-state index contributed by atoms with van der Waals surface area (Å²) in [6.45, 7) is 6.66. The molecule has 10 heavy (non-hydrogen) atoms. The van der Waals surface area contributed by atoms with Gasteiger partial charge in [0, 0.05) is 11.5 Å². The minimum Gasteiger partial charge on any atom is -0.375 e. The third-order valence-corrected chi connectivity index (χ3v) is 3.32. The Hall–Kier alpha value is -0.110. The molecule has 2 unspecified atom stereocenters. The topological polar surface area (TPSA) is 12.0 Å². The highest BCUT2D eigenvalue weighted by Crippen LogP contribution is 2.36. The van der Waals surface area contributed by atoms with Crippen LogP contribution in [0.4, 0.5) is 0 Å². The van der Waals surface area contributed by atoms with Crippen LogP contribution < -0.4 is 5.32 Å². The van der Waals surface area contributed by atoms with Crippen molar-refractivity contribution in [2.45, 2.75) is 39.7 Å². The standard InChI is InChI=1S/C8H15NS/c1-4-6-8(3,5-2)7(10)9-6/h6H,4-5H2,1-3H3,(H,9,10). The minimum atomic E-state index is 0.310. The number of nitrogens with one attached hydrogen (secondary N) is 1. The van der Waals surface area contributed by atoms with E-state index in [0.717, 1.165) is 11.4 Å². The number of hydrogen-bond acceptors (Lipinski definition) is 1. The molecule has 0 aromatic rings. The van der Waals surface area contributed by atoms with Gasteiger partial charge in [-0.1, -0.05) is 33.0 Å². The van der Waals surface area contributed by atoms with Gasteiger partial charge >= 0.3 is 0 Å². The Morgan fingerprint density at radius 2 is 2.20 bits per heavy atom. The Labute approximate surface area is 68.2 Å². The smallest absolute Gasteiger partial charge is 0.0836 e. The summed E-state index contributed by atoms with van der Waals surface area (Å²) >= 11 is 5.15. The van der Waals surface area contributed by atoms with E-state index in [2.05, 4.69) is 26.1 Å². The summed E-state index contributed by atoms with van der Waals surface area (Å²) in [4.78, 5) is 1.06. The molecule has 0 radical (unpaired) electrons. The third-order valence-electron chi connectivity index (χ3n) is 2.74. The first-order valence-electron chi connectivity index (χ1n) is 3.96. The molecule has 1 saturated heterocycles. The molecule has 2 heteroatoms. The molecule has 0 aromatic heterocycles. The first-order chi connectivity index (χ1) is 4.65. The second kappa shape index (κ2) is 2.50. The first-order valence-corrected chi connectivity index (χ1v) is 4.37. The Morgan fingerprint density at radius 1 is 1.60 bits per heavy atom. The van der Waals surface area contributed by atoms with Crippen molar-refractivity contribution < 1.29 is 0 Å². The molecular formula is C8H15NS. The lowest BCUT2D eigenvalue weighted by atomic mass is 9.72. The van der Waals surface area contributed by atoms with Crippen LogP contribution >= 0.6 is 12.2 Å². The molecule has 2 atom stereocenters. The van der Waals surface area contributed by atoms with Crippen LogP contribution in [0, 0.1) is 5.41 Å². The number of rotatable bonds is 2. The maximum Gasteiger partial charge on any atom is 0.0836 e. The van der Waals surface area contributed by atoms with Crippen LogP contribution in [0.25, 0.3) is 0 Å². The van der Waals surface area contributed by atoms with Gasteiger partial charge in [-0.05, 0) is 12.8 Å². The third kappa shape index (κ3) is 0.858. The van der Waals surface area contributed by atoms with Gasteiger partial charge in [0.1, 0.15) is 0 Å². The highest BCUT2D eigenvalue weighted by atomic mass is 32.1. The minimum absolute atomic E-state index is 0.310. The molecule has 0 saturated carbocycles. The molecule has 1 N–H and O–H groups in total. The zero-order valence-corrected chi connectivity index (χ0v) is 7.72. The van der Waals surface area contributed by atoms with Crippen LogP contribution in [0.3, 0.4) is 0 Å². The van der Waals surface area contributed by atoms with Crippen molar-refractivity contribution in [1.29, 1.82) is 0 Å². The zero-order valence-electron chi connectivity index (χ0n) is 6.90. The molecular weight excluding hydrogens is 142 g/mol. The van der Waals surface area contributed by atoms with E-state index in [1.54, 1.807) is 0 Å². The van der Waals surface area contributed by atoms with E-state index in [1.807, 2.05) is 0 Å². The summed E-state index contributed by atoms with van der Waals surface area (Å²) in [6, 6.07) is 0.630. The Morgan fingerprint density at radius 3 is 2.40 bits per heavy atom. The fourth-order valence-corrected chi connectivity index (χ4v) is 1.95. The van der Waals surface area contributed by atoms with E-state index in [-0.39, 0.29) is 0 Å². The number of thiocarbonyl (C=S) groups is 1. The molecule has 0 aliphatic carbocycles. The fourth-order valence-electron chi connectivity index (χ4n) is 1.52. The summed E-state index contributed by atoms with van der Waals surface area (Å²) in [5, 5.41) is 3.27. The average Bonchev–Trinajstić information content (AvgIpc) is 1.98. The maximum absolute atomic E-state index is 5.15. The zero-order chi connectivity index (χ0) is 7.78. The summed E-state index contributed by atoms with van der Waals surface area (Å²) in [5.41, 5.74) is 0.310. The molecule has 1 nitrogen and oxygen atoms in total. The predicted octanol–water partition coefficient (Wildman–Crippen LogP) is 2.11. The normalized spacial score (nSPS) is 38.7. The van der Waals surface area contributed by atoms with Crippen LogP contribution in [0.5, 0.6) is 0 Å². The van der Waals surface area contributed by atoms with Gasteiger partial charge in [0.25, 0.3) is 0 Å². The van der Waals surface area contributed by atoms with Crippen molar-refractivity contribution in [3.63, 3.8) is 0 Å². The van der Waals surface area contributed by atoms with E-state index < -0.39 is 0 Å². The molecule has 1 fully saturated rings. The second-order valence-corrected chi connectivity index (χ2v) is 3.61. The van der Waals surface area contributed by atoms with Crippen LogP contribution in [0.1, 0.15) is 33.6 Å².